The van der Waals surface area contributed by atoms with Crippen molar-refractivity contribution in [2.45, 2.75) is 11.8 Å². The second-order valence-corrected chi connectivity index (χ2v) is 6.12. The molecule has 3 nitrogen and oxygen atoms in total. The van der Waals surface area contributed by atoms with E-state index in [0.717, 1.165) is 6.07 Å². The molecule has 0 saturated heterocycles. The van der Waals surface area contributed by atoms with E-state index >= 15 is 0 Å². The average molecular weight is 329 g/mol. The van der Waals surface area contributed by atoms with Crippen molar-refractivity contribution in [2.24, 2.45) is 0 Å². The summed E-state index contributed by atoms with van der Waals surface area (Å²) in [5.41, 5.74) is 5.60. The fourth-order valence-corrected chi connectivity index (χ4v) is 2.47. The fraction of sp³-hybridized carbons (Fsp3) is 0.250. The first-order valence-corrected chi connectivity index (χ1v) is 6.59. The molecule has 0 bridgehead atoms. The van der Waals surface area contributed by atoms with E-state index in [1.165, 1.54) is 13.0 Å². The largest absolute Gasteiger partial charge is 0.398 e. The molecule has 0 saturated carbocycles. The van der Waals surface area contributed by atoms with Crippen molar-refractivity contribution in [1.82, 2.24) is 0 Å². The third kappa shape index (κ3) is 2.17. The molecule has 0 amide bonds. The molecular weight excluding hydrogens is 320 g/mol. The molecule has 0 atom stereocenters. The van der Waals surface area contributed by atoms with Gasteiger partial charge in [-0.25, -0.2) is 12.8 Å². The first-order valence-electron chi connectivity index (χ1n) is 3.85. The minimum absolute atomic E-state index is 0.0861. The Hall–Kier alpha value is -0.370. The molecule has 14 heavy (non-hydrogen) atoms. The van der Waals surface area contributed by atoms with Crippen LogP contribution in [-0.2, 0) is 9.84 Å². The Morgan fingerprint density at radius 1 is 1.50 bits per heavy atom. The number of hydrogen-bond donors (Lipinski definition) is 1. The van der Waals surface area contributed by atoms with Crippen LogP contribution < -0.4 is 5.73 Å². The van der Waals surface area contributed by atoms with Crippen LogP contribution in [0.5, 0.6) is 0 Å². The third-order valence-electron chi connectivity index (χ3n) is 1.77. The normalized spacial score (nSPS) is 11.6. The Balaban J connectivity index is 3.45. The molecular formula is C8H9FINO2S. The van der Waals surface area contributed by atoms with E-state index < -0.39 is 15.7 Å². The lowest BCUT2D eigenvalue weighted by molar-refractivity contribution is 0.591. The van der Waals surface area contributed by atoms with Gasteiger partial charge in [0.2, 0.25) is 0 Å². The molecule has 0 spiro atoms. The minimum Gasteiger partial charge on any atom is -0.398 e. The number of benzene rings is 1. The Morgan fingerprint density at radius 2 is 2.07 bits per heavy atom. The molecule has 1 aromatic carbocycles. The summed E-state index contributed by atoms with van der Waals surface area (Å²) in [5.74, 6) is -0.649. The zero-order valence-corrected chi connectivity index (χ0v) is 10.4. The summed E-state index contributed by atoms with van der Waals surface area (Å²) >= 11 is 1.76. The number of nitrogen functional groups attached to an aromatic ring is 1. The predicted octanol–water partition coefficient (Wildman–Crippen LogP) is 1.81. The van der Waals surface area contributed by atoms with E-state index in [9.17, 15) is 12.8 Å². The summed E-state index contributed by atoms with van der Waals surface area (Å²) in [6.07, 6.45) is 0. The number of nitrogens with two attached hydrogens (primary N) is 1. The van der Waals surface area contributed by atoms with Crippen molar-refractivity contribution in [3.8, 4) is 0 Å². The van der Waals surface area contributed by atoms with Crippen LogP contribution in [0.1, 0.15) is 6.92 Å². The van der Waals surface area contributed by atoms with Crippen LogP contribution in [0.25, 0.3) is 0 Å². The van der Waals surface area contributed by atoms with E-state index in [0.29, 0.717) is 3.57 Å². The number of anilines is 1. The van der Waals surface area contributed by atoms with Gasteiger partial charge in [-0.2, -0.15) is 0 Å². The number of hydrogen-bond acceptors (Lipinski definition) is 3. The molecule has 0 radical (unpaired) electrons. The van der Waals surface area contributed by atoms with Crippen LogP contribution in [0.2, 0.25) is 0 Å². The lowest BCUT2D eigenvalue weighted by atomic mass is 10.3. The molecule has 0 aliphatic heterocycles. The molecule has 0 fully saturated rings. The van der Waals surface area contributed by atoms with Gasteiger partial charge < -0.3 is 5.73 Å². The molecule has 1 rings (SSSR count). The van der Waals surface area contributed by atoms with Crippen molar-refractivity contribution in [2.75, 3.05) is 11.5 Å². The van der Waals surface area contributed by atoms with Gasteiger partial charge in [0, 0.05) is 0 Å². The lowest BCUT2D eigenvalue weighted by Crippen LogP contribution is -2.08. The third-order valence-corrected chi connectivity index (χ3v) is 4.38. The van der Waals surface area contributed by atoms with Crippen molar-refractivity contribution in [3.05, 3.63) is 21.5 Å². The second-order valence-electron chi connectivity index (χ2n) is 2.71. The zero-order valence-electron chi connectivity index (χ0n) is 7.42. The van der Waals surface area contributed by atoms with Gasteiger partial charge in [-0.1, -0.05) is 6.92 Å². The van der Waals surface area contributed by atoms with Gasteiger partial charge in [-0.05, 0) is 34.7 Å². The van der Waals surface area contributed by atoms with E-state index in [2.05, 4.69) is 0 Å². The highest BCUT2D eigenvalue weighted by atomic mass is 127. The molecule has 0 aliphatic rings. The summed E-state index contributed by atoms with van der Waals surface area (Å²) in [4.78, 5) is -0.127. The predicted molar refractivity (Wildman–Crippen MR) is 61.3 cm³/mol. The first-order chi connectivity index (χ1) is 6.38. The van der Waals surface area contributed by atoms with Gasteiger partial charge in [0.1, 0.15) is 5.82 Å². The highest BCUT2D eigenvalue weighted by Crippen LogP contribution is 2.24. The summed E-state index contributed by atoms with van der Waals surface area (Å²) in [6.45, 7) is 1.49. The standard InChI is InChI=1S/C8H9FINO2S/c1-2-14(12,13)8-3-5(9)6(10)4-7(8)11/h3-4H,2,11H2,1H3. The highest BCUT2D eigenvalue weighted by molar-refractivity contribution is 14.1. The Labute approximate surface area is 95.6 Å². The first kappa shape index (κ1) is 11.7. The van der Waals surface area contributed by atoms with Gasteiger partial charge in [-0.3, -0.25) is 0 Å². The molecule has 0 aromatic heterocycles. The van der Waals surface area contributed by atoms with Gasteiger partial charge in [0.05, 0.1) is 19.9 Å². The maximum atomic E-state index is 13.1. The summed E-state index contributed by atoms with van der Waals surface area (Å²) in [6, 6.07) is 2.29. The topological polar surface area (TPSA) is 60.2 Å². The van der Waals surface area contributed by atoms with E-state index in [-0.39, 0.29) is 16.3 Å². The summed E-state index contributed by atoms with van der Waals surface area (Å²) < 4.78 is 36.3. The second kappa shape index (κ2) is 4.01. The quantitative estimate of drug-likeness (QED) is 0.665. The van der Waals surface area contributed by atoms with Gasteiger partial charge in [0.25, 0.3) is 0 Å². The Morgan fingerprint density at radius 3 is 2.57 bits per heavy atom. The number of halogens is 2. The molecule has 2 N–H and O–H groups in total. The minimum atomic E-state index is -3.44. The molecule has 0 unspecified atom stereocenters. The SMILES string of the molecule is CCS(=O)(=O)c1cc(F)c(I)cc1N. The molecule has 0 heterocycles. The Kier molecular flexibility index (Phi) is 3.36. The van der Waals surface area contributed by atoms with E-state index in [1.54, 1.807) is 22.6 Å². The number of rotatable bonds is 2. The Bertz CT molecular complexity index is 459. The lowest BCUT2D eigenvalue weighted by Gasteiger charge is -2.06. The van der Waals surface area contributed by atoms with Crippen molar-refractivity contribution >= 4 is 38.1 Å². The average Bonchev–Trinajstić information content (AvgIpc) is 2.11. The maximum absolute atomic E-state index is 13.1. The van der Waals surface area contributed by atoms with Crippen LogP contribution in [0.4, 0.5) is 10.1 Å². The van der Waals surface area contributed by atoms with Crippen molar-refractivity contribution < 1.29 is 12.8 Å². The smallest absolute Gasteiger partial charge is 0.180 e. The molecule has 1 aromatic rings. The van der Waals surface area contributed by atoms with Crippen LogP contribution in [0.15, 0.2) is 17.0 Å². The van der Waals surface area contributed by atoms with Gasteiger partial charge in [-0.15, -0.1) is 0 Å². The van der Waals surface area contributed by atoms with Gasteiger partial charge in [0.15, 0.2) is 9.84 Å². The molecule has 6 heteroatoms. The van der Waals surface area contributed by atoms with E-state index in [4.69, 9.17) is 5.73 Å². The van der Waals surface area contributed by atoms with Crippen LogP contribution in [-0.4, -0.2) is 14.2 Å². The maximum Gasteiger partial charge on any atom is 0.180 e. The van der Waals surface area contributed by atoms with Crippen molar-refractivity contribution in [3.63, 3.8) is 0 Å². The van der Waals surface area contributed by atoms with Crippen LogP contribution in [0.3, 0.4) is 0 Å². The van der Waals surface area contributed by atoms with Gasteiger partial charge >= 0.3 is 0 Å². The van der Waals surface area contributed by atoms with Crippen LogP contribution >= 0.6 is 22.6 Å². The van der Waals surface area contributed by atoms with Crippen molar-refractivity contribution in [1.29, 1.82) is 0 Å². The van der Waals surface area contributed by atoms with Crippen LogP contribution in [0, 0.1) is 9.39 Å². The highest BCUT2D eigenvalue weighted by Gasteiger charge is 2.17. The monoisotopic (exact) mass is 329 g/mol. The molecule has 0 aliphatic carbocycles. The molecule has 78 valence electrons. The number of sulfone groups is 1. The van der Waals surface area contributed by atoms with E-state index in [1.807, 2.05) is 0 Å². The summed E-state index contributed by atoms with van der Waals surface area (Å²) in [5, 5.41) is 0. The fourth-order valence-electron chi connectivity index (χ4n) is 0.969. The summed E-state index contributed by atoms with van der Waals surface area (Å²) in [7, 11) is -3.44. The zero-order chi connectivity index (χ0) is 10.9.